The molecule has 1 unspecified atom stereocenters. The van der Waals surface area contributed by atoms with Gasteiger partial charge in [0.2, 0.25) is 0 Å². The average Bonchev–Trinajstić information content (AvgIpc) is 2.77. The van der Waals surface area contributed by atoms with Crippen molar-refractivity contribution in [3.63, 3.8) is 0 Å². The third kappa shape index (κ3) is 3.24. The van der Waals surface area contributed by atoms with Crippen LogP contribution >= 0.6 is 15.9 Å². The van der Waals surface area contributed by atoms with Crippen molar-refractivity contribution in [1.29, 1.82) is 0 Å². The first-order valence-electron chi connectivity index (χ1n) is 7.56. The van der Waals surface area contributed by atoms with Crippen molar-refractivity contribution in [2.75, 3.05) is 13.2 Å². The Morgan fingerprint density at radius 1 is 1.38 bits per heavy atom. The monoisotopic (exact) mass is 353 g/mol. The Hall–Kier alpha value is -1.07. The number of ether oxygens (including phenoxy) is 1. The van der Waals surface area contributed by atoms with Crippen LogP contribution in [0.3, 0.4) is 0 Å². The van der Waals surface area contributed by atoms with E-state index in [4.69, 9.17) is 4.74 Å². The van der Waals surface area contributed by atoms with Gasteiger partial charge in [-0.05, 0) is 37.1 Å². The molecule has 0 spiro atoms. The lowest BCUT2D eigenvalue weighted by atomic mass is 10.1. The van der Waals surface area contributed by atoms with E-state index in [9.17, 15) is 9.90 Å². The first-order chi connectivity index (χ1) is 10.1. The van der Waals surface area contributed by atoms with E-state index in [1.807, 2.05) is 0 Å². The van der Waals surface area contributed by atoms with E-state index in [2.05, 4.69) is 33.0 Å². The van der Waals surface area contributed by atoms with E-state index in [1.165, 1.54) is 5.56 Å². The molecule has 0 amide bonds. The molecule has 1 saturated heterocycles. The molecule has 1 atom stereocenters. The van der Waals surface area contributed by atoms with Gasteiger partial charge in [-0.25, -0.2) is 0 Å². The predicted octanol–water partition coefficient (Wildman–Crippen LogP) is 3.21. The summed E-state index contributed by atoms with van der Waals surface area (Å²) in [5.74, 6) is 0.260. The SMILES string of the molecule is O=C(O)C1CCCCCN1Cc1cc(Br)cc2c1OCC2. The van der Waals surface area contributed by atoms with Gasteiger partial charge in [0.15, 0.2) is 0 Å². The molecule has 0 radical (unpaired) electrons. The lowest BCUT2D eigenvalue weighted by Crippen LogP contribution is -2.40. The quantitative estimate of drug-likeness (QED) is 0.906. The number of fused-ring (bicyclic) bond motifs is 1. The van der Waals surface area contributed by atoms with Gasteiger partial charge >= 0.3 is 5.97 Å². The number of hydrogen-bond acceptors (Lipinski definition) is 3. The van der Waals surface area contributed by atoms with Gasteiger partial charge in [0, 0.05) is 23.0 Å². The van der Waals surface area contributed by atoms with E-state index < -0.39 is 5.97 Å². The molecule has 21 heavy (non-hydrogen) atoms. The highest BCUT2D eigenvalue weighted by Crippen LogP contribution is 2.34. The number of rotatable bonds is 3. The molecule has 0 bridgehead atoms. The van der Waals surface area contributed by atoms with Crippen molar-refractivity contribution < 1.29 is 14.6 Å². The number of aliphatic carboxylic acids is 1. The fraction of sp³-hybridized carbons (Fsp3) is 0.562. The average molecular weight is 354 g/mol. The summed E-state index contributed by atoms with van der Waals surface area (Å²) < 4.78 is 6.80. The molecule has 2 aliphatic rings. The van der Waals surface area contributed by atoms with Gasteiger partial charge in [-0.15, -0.1) is 0 Å². The van der Waals surface area contributed by atoms with Crippen LogP contribution in [-0.4, -0.2) is 35.2 Å². The number of hydrogen-bond donors (Lipinski definition) is 1. The molecule has 0 aromatic heterocycles. The minimum absolute atomic E-state index is 0.372. The normalized spacial score (nSPS) is 22.4. The second-order valence-corrected chi connectivity index (χ2v) is 6.74. The minimum Gasteiger partial charge on any atom is -0.493 e. The number of benzene rings is 1. The smallest absolute Gasteiger partial charge is 0.320 e. The molecule has 0 saturated carbocycles. The van der Waals surface area contributed by atoms with Crippen LogP contribution in [0.4, 0.5) is 0 Å². The highest BCUT2D eigenvalue weighted by molar-refractivity contribution is 9.10. The van der Waals surface area contributed by atoms with E-state index >= 15 is 0 Å². The second kappa shape index (κ2) is 6.36. The Morgan fingerprint density at radius 3 is 3.05 bits per heavy atom. The van der Waals surface area contributed by atoms with Gasteiger partial charge in [0.05, 0.1) is 6.61 Å². The van der Waals surface area contributed by atoms with Gasteiger partial charge in [-0.2, -0.15) is 0 Å². The number of carbonyl (C=O) groups is 1. The highest BCUT2D eigenvalue weighted by atomic mass is 79.9. The maximum absolute atomic E-state index is 11.5. The van der Waals surface area contributed by atoms with Gasteiger partial charge < -0.3 is 9.84 Å². The minimum atomic E-state index is -0.704. The number of carboxylic acids is 1. The molecule has 1 N–H and O–H groups in total. The summed E-state index contributed by atoms with van der Waals surface area (Å²) >= 11 is 3.55. The van der Waals surface area contributed by atoms with Crippen LogP contribution < -0.4 is 4.74 Å². The topological polar surface area (TPSA) is 49.8 Å². The van der Waals surface area contributed by atoms with Crippen LogP contribution in [0.1, 0.15) is 36.8 Å². The van der Waals surface area contributed by atoms with Crippen molar-refractivity contribution in [2.45, 2.75) is 44.7 Å². The lowest BCUT2D eigenvalue weighted by molar-refractivity contribution is -0.143. The zero-order valence-electron chi connectivity index (χ0n) is 12.0. The molecule has 3 rings (SSSR count). The highest BCUT2D eigenvalue weighted by Gasteiger charge is 2.28. The summed E-state index contributed by atoms with van der Waals surface area (Å²) in [4.78, 5) is 13.6. The maximum Gasteiger partial charge on any atom is 0.320 e. The largest absolute Gasteiger partial charge is 0.493 e. The lowest BCUT2D eigenvalue weighted by Gasteiger charge is -2.27. The molecule has 114 valence electrons. The zero-order valence-corrected chi connectivity index (χ0v) is 13.6. The molecular weight excluding hydrogens is 334 g/mol. The van der Waals surface area contributed by atoms with Crippen LogP contribution in [0, 0.1) is 0 Å². The Kier molecular flexibility index (Phi) is 4.50. The molecule has 1 fully saturated rings. The molecule has 2 aliphatic heterocycles. The Morgan fingerprint density at radius 2 is 2.24 bits per heavy atom. The molecular formula is C16H20BrNO3. The van der Waals surface area contributed by atoms with E-state index in [-0.39, 0.29) is 6.04 Å². The maximum atomic E-state index is 11.5. The van der Waals surface area contributed by atoms with E-state index in [0.717, 1.165) is 61.0 Å². The summed E-state index contributed by atoms with van der Waals surface area (Å²) in [6, 6.07) is 3.79. The third-order valence-corrected chi connectivity index (χ3v) is 4.81. The van der Waals surface area contributed by atoms with E-state index in [0.29, 0.717) is 6.54 Å². The molecule has 1 aromatic rings. The summed E-state index contributed by atoms with van der Waals surface area (Å²) in [6.45, 7) is 2.22. The van der Waals surface area contributed by atoms with Crippen LogP contribution in [0.5, 0.6) is 5.75 Å². The Labute approximate surface area is 133 Å². The van der Waals surface area contributed by atoms with Crippen LogP contribution in [0.15, 0.2) is 16.6 Å². The van der Waals surface area contributed by atoms with E-state index in [1.54, 1.807) is 0 Å². The molecule has 1 aromatic carbocycles. The van der Waals surface area contributed by atoms with Gasteiger partial charge in [-0.1, -0.05) is 28.8 Å². The summed E-state index contributed by atoms with van der Waals surface area (Å²) in [5, 5.41) is 9.48. The first kappa shape index (κ1) is 14.9. The molecule has 0 aliphatic carbocycles. The summed E-state index contributed by atoms with van der Waals surface area (Å²) in [6.07, 6.45) is 4.87. The van der Waals surface area contributed by atoms with Crippen LogP contribution in [0.25, 0.3) is 0 Å². The van der Waals surface area contributed by atoms with Gasteiger partial charge in [-0.3, -0.25) is 9.69 Å². The van der Waals surface area contributed by atoms with Gasteiger partial charge in [0.1, 0.15) is 11.8 Å². The first-order valence-corrected chi connectivity index (χ1v) is 8.35. The fourth-order valence-electron chi connectivity index (χ4n) is 3.32. The van der Waals surface area contributed by atoms with Crippen molar-refractivity contribution in [3.05, 3.63) is 27.7 Å². The van der Waals surface area contributed by atoms with Gasteiger partial charge in [0.25, 0.3) is 0 Å². The van der Waals surface area contributed by atoms with Crippen LogP contribution in [-0.2, 0) is 17.8 Å². The zero-order chi connectivity index (χ0) is 14.8. The molecule has 4 nitrogen and oxygen atoms in total. The van der Waals surface area contributed by atoms with Crippen molar-refractivity contribution in [2.24, 2.45) is 0 Å². The molecule has 2 heterocycles. The standard InChI is InChI=1S/C16H20BrNO3/c17-13-8-11-5-7-21-15(11)12(9-13)10-18-6-3-1-2-4-14(18)16(19)20/h8-9,14H,1-7,10H2,(H,19,20). The van der Waals surface area contributed by atoms with Crippen molar-refractivity contribution >= 4 is 21.9 Å². The predicted molar refractivity (Wildman–Crippen MR) is 83.6 cm³/mol. The second-order valence-electron chi connectivity index (χ2n) is 5.83. The van der Waals surface area contributed by atoms with Crippen LogP contribution in [0.2, 0.25) is 0 Å². The van der Waals surface area contributed by atoms with Crippen molar-refractivity contribution in [3.8, 4) is 5.75 Å². The number of carboxylic acid groups (broad SMARTS) is 1. The number of likely N-dealkylation sites (tertiary alicyclic amines) is 1. The number of nitrogens with zero attached hydrogens (tertiary/aromatic N) is 1. The Balaban J connectivity index is 1.86. The third-order valence-electron chi connectivity index (χ3n) is 4.35. The fourth-order valence-corrected chi connectivity index (χ4v) is 3.87. The number of halogens is 1. The molecule has 5 heteroatoms. The van der Waals surface area contributed by atoms with Crippen molar-refractivity contribution in [1.82, 2.24) is 4.90 Å². The summed E-state index contributed by atoms with van der Waals surface area (Å²) in [7, 11) is 0. The Bertz CT molecular complexity index is 547. The summed E-state index contributed by atoms with van der Waals surface area (Å²) in [5.41, 5.74) is 2.33.